The number of carbonyl (C=O) groups excluding carboxylic acids is 1. The molecule has 2 heteroatoms. The molecule has 0 rings (SSSR count). The maximum atomic E-state index is 10.9. The highest BCUT2D eigenvalue weighted by Gasteiger charge is 2.05. The predicted molar refractivity (Wildman–Crippen MR) is 49.8 cm³/mol. The summed E-state index contributed by atoms with van der Waals surface area (Å²) in [6, 6.07) is 0. The average molecular weight is 170 g/mol. The maximum absolute atomic E-state index is 10.9. The van der Waals surface area contributed by atoms with Gasteiger partial charge in [0.2, 0.25) is 0 Å². The summed E-state index contributed by atoms with van der Waals surface area (Å²) in [5.74, 6) is 0.411. The van der Waals surface area contributed by atoms with E-state index in [-0.39, 0.29) is 5.97 Å². The Kier molecular flexibility index (Phi) is 5.43. The maximum Gasteiger partial charge on any atom is 0.333 e. The van der Waals surface area contributed by atoms with E-state index in [1.807, 2.05) is 0 Å². The van der Waals surface area contributed by atoms with Crippen molar-refractivity contribution in [1.82, 2.24) is 0 Å². The van der Waals surface area contributed by atoms with Gasteiger partial charge < -0.3 is 4.74 Å². The summed E-state index contributed by atoms with van der Waals surface area (Å²) in [6.45, 7) is 7.98. The van der Waals surface area contributed by atoms with Gasteiger partial charge in [-0.15, -0.1) is 0 Å². The molecule has 0 aliphatic rings. The van der Waals surface area contributed by atoms with E-state index in [2.05, 4.69) is 25.2 Å². The third kappa shape index (κ3) is 4.94. The molecule has 0 aliphatic carbocycles. The first-order valence-corrected chi connectivity index (χ1v) is 4.34. The van der Waals surface area contributed by atoms with Gasteiger partial charge in [-0.05, 0) is 18.8 Å². The molecule has 12 heavy (non-hydrogen) atoms. The Bertz CT molecular complexity index is 159. The van der Waals surface area contributed by atoms with Crippen LogP contribution in [0.2, 0.25) is 0 Å². The standard InChI is InChI=1S/C10H18O2/c1-8(2)6-5-7-9(3)10(11)12-4/h8H,3,5-7H2,1-2,4H3. The molecular formula is C10H18O2. The topological polar surface area (TPSA) is 26.3 Å². The van der Waals surface area contributed by atoms with E-state index in [0.717, 1.165) is 19.3 Å². The van der Waals surface area contributed by atoms with Crippen LogP contribution < -0.4 is 0 Å². The normalized spacial score (nSPS) is 10.0. The summed E-state index contributed by atoms with van der Waals surface area (Å²) in [5.41, 5.74) is 0.582. The lowest BCUT2D eigenvalue weighted by molar-refractivity contribution is -0.136. The van der Waals surface area contributed by atoms with E-state index < -0.39 is 0 Å². The molecule has 70 valence electrons. The van der Waals surface area contributed by atoms with Gasteiger partial charge in [0.25, 0.3) is 0 Å². The lowest BCUT2D eigenvalue weighted by atomic mass is 10.0. The van der Waals surface area contributed by atoms with Crippen molar-refractivity contribution in [2.45, 2.75) is 33.1 Å². The van der Waals surface area contributed by atoms with Gasteiger partial charge in [0.1, 0.15) is 0 Å². The number of esters is 1. The summed E-state index contributed by atoms with van der Waals surface area (Å²) in [7, 11) is 1.38. The molecule has 0 spiro atoms. The van der Waals surface area contributed by atoms with Gasteiger partial charge in [-0.1, -0.05) is 26.8 Å². The Hall–Kier alpha value is -0.790. The number of carbonyl (C=O) groups is 1. The van der Waals surface area contributed by atoms with Crippen molar-refractivity contribution >= 4 is 5.97 Å². The number of ether oxygens (including phenoxy) is 1. The number of methoxy groups -OCH3 is 1. The fourth-order valence-electron chi connectivity index (χ4n) is 0.970. The number of hydrogen-bond acceptors (Lipinski definition) is 2. The molecule has 0 amide bonds. The fourth-order valence-corrected chi connectivity index (χ4v) is 0.970. The van der Waals surface area contributed by atoms with Gasteiger partial charge in [0.15, 0.2) is 0 Å². The molecule has 0 aromatic carbocycles. The van der Waals surface area contributed by atoms with Crippen LogP contribution in [0.4, 0.5) is 0 Å². The first kappa shape index (κ1) is 11.2. The Morgan fingerprint density at radius 3 is 2.50 bits per heavy atom. The molecule has 0 fully saturated rings. The monoisotopic (exact) mass is 170 g/mol. The third-order valence-corrected chi connectivity index (χ3v) is 1.73. The van der Waals surface area contributed by atoms with Crippen LogP contribution in [0.15, 0.2) is 12.2 Å². The van der Waals surface area contributed by atoms with Crippen molar-refractivity contribution in [3.05, 3.63) is 12.2 Å². The van der Waals surface area contributed by atoms with E-state index in [1.165, 1.54) is 7.11 Å². The fraction of sp³-hybridized carbons (Fsp3) is 0.700. The SMILES string of the molecule is C=C(CCCC(C)C)C(=O)OC. The summed E-state index contributed by atoms with van der Waals surface area (Å²) >= 11 is 0. The van der Waals surface area contributed by atoms with Gasteiger partial charge in [0, 0.05) is 5.57 Å². The molecule has 0 radical (unpaired) electrons. The summed E-state index contributed by atoms with van der Waals surface area (Å²) in [6.07, 6.45) is 2.91. The molecule has 0 aromatic rings. The number of hydrogen-bond donors (Lipinski definition) is 0. The van der Waals surface area contributed by atoms with Crippen LogP contribution in [0.3, 0.4) is 0 Å². The average Bonchev–Trinajstić information content (AvgIpc) is 2.02. The van der Waals surface area contributed by atoms with Crippen LogP contribution in [-0.4, -0.2) is 13.1 Å². The van der Waals surface area contributed by atoms with E-state index in [9.17, 15) is 4.79 Å². The highest BCUT2D eigenvalue weighted by atomic mass is 16.5. The molecular weight excluding hydrogens is 152 g/mol. The molecule has 2 nitrogen and oxygen atoms in total. The smallest absolute Gasteiger partial charge is 0.333 e. The third-order valence-electron chi connectivity index (χ3n) is 1.73. The van der Waals surface area contributed by atoms with Gasteiger partial charge in [-0.2, -0.15) is 0 Å². The Labute approximate surface area is 74.6 Å². The zero-order valence-corrected chi connectivity index (χ0v) is 8.22. The van der Waals surface area contributed by atoms with E-state index >= 15 is 0 Å². The molecule has 0 saturated carbocycles. The van der Waals surface area contributed by atoms with Crippen LogP contribution in [-0.2, 0) is 9.53 Å². The zero-order chi connectivity index (χ0) is 9.56. The van der Waals surface area contributed by atoms with Crippen LogP contribution in [0.5, 0.6) is 0 Å². The number of rotatable bonds is 5. The van der Waals surface area contributed by atoms with Crippen molar-refractivity contribution in [2.75, 3.05) is 7.11 Å². The van der Waals surface area contributed by atoms with Crippen molar-refractivity contribution in [2.24, 2.45) is 5.92 Å². The van der Waals surface area contributed by atoms with Gasteiger partial charge >= 0.3 is 5.97 Å². The lowest BCUT2D eigenvalue weighted by Crippen LogP contribution is -2.03. The lowest BCUT2D eigenvalue weighted by Gasteiger charge is -2.05. The van der Waals surface area contributed by atoms with Crippen molar-refractivity contribution < 1.29 is 9.53 Å². The first-order chi connectivity index (χ1) is 5.57. The first-order valence-electron chi connectivity index (χ1n) is 4.34. The second-order valence-corrected chi connectivity index (χ2v) is 3.38. The molecule has 0 unspecified atom stereocenters. The van der Waals surface area contributed by atoms with Crippen LogP contribution in [0.25, 0.3) is 0 Å². The molecule has 0 atom stereocenters. The summed E-state index contributed by atoms with van der Waals surface area (Å²) in [5, 5.41) is 0. The van der Waals surface area contributed by atoms with E-state index in [4.69, 9.17) is 0 Å². The quantitative estimate of drug-likeness (QED) is 0.468. The van der Waals surface area contributed by atoms with Gasteiger partial charge in [-0.3, -0.25) is 0 Å². The van der Waals surface area contributed by atoms with Gasteiger partial charge in [-0.25, -0.2) is 4.79 Å². The molecule has 0 bridgehead atoms. The van der Waals surface area contributed by atoms with Gasteiger partial charge in [0.05, 0.1) is 7.11 Å². The minimum atomic E-state index is -0.279. The Morgan fingerprint density at radius 1 is 1.50 bits per heavy atom. The minimum absolute atomic E-state index is 0.279. The molecule has 0 aliphatic heterocycles. The highest BCUT2D eigenvalue weighted by Crippen LogP contribution is 2.11. The van der Waals surface area contributed by atoms with Crippen LogP contribution in [0, 0.1) is 5.92 Å². The summed E-state index contributed by atoms with van der Waals surface area (Å²) in [4.78, 5) is 10.9. The molecule has 0 saturated heterocycles. The second kappa shape index (κ2) is 5.81. The molecule has 0 N–H and O–H groups in total. The van der Waals surface area contributed by atoms with E-state index in [0.29, 0.717) is 11.5 Å². The highest BCUT2D eigenvalue weighted by molar-refractivity contribution is 5.87. The molecule has 0 aromatic heterocycles. The summed E-state index contributed by atoms with van der Waals surface area (Å²) < 4.78 is 4.53. The van der Waals surface area contributed by atoms with Crippen LogP contribution >= 0.6 is 0 Å². The Balaban J connectivity index is 3.51. The van der Waals surface area contributed by atoms with Crippen LogP contribution in [0.1, 0.15) is 33.1 Å². The Morgan fingerprint density at radius 2 is 2.08 bits per heavy atom. The second-order valence-electron chi connectivity index (χ2n) is 3.38. The van der Waals surface area contributed by atoms with Crippen molar-refractivity contribution in [3.63, 3.8) is 0 Å². The zero-order valence-electron chi connectivity index (χ0n) is 8.22. The predicted octanol–water partition coefficient (Wildman–Crippen LogP) is 2.54. The van der Waals surface area contributed by atoms with Crippen molar-refractivity contribution in [1.29, 1.82) is 0 Å². The van der Waals surface area contributed by atoms with Crippen molar-refractivity contribution in [3.8, 4) is 0 Å². The molecule has 0 heterocycles. The largest absolute Gasteiger partial charge is 0.466 e. The van der Waals surface area contributed by atoms with E-state index in [1.54, 1.807) is 0 Å². The minimum Gasteiger partial charge on any atom is -0.466 e.